The van der Waals surface area contributed by atoms with Crippen LogP contribution in [0.25, 0.3) is 0 Å². The Kier molecular flexibility index (Phi) is 4.30. The normalized spacial score (nSPS) is 23.9. The van der Waals surface area contributed by atoms with Crippen molar-refractivity contribution in [2.45, 2.75) is 51.8 Å². The second-order valence-corrected chi connectivity index (χ2v) is 5.09. The van der Waals surface area contributed by atoms with Crippen molar-refractivity contribution in [3.8, 4) is 0 Å². The number of carbonyl (C=O) groups excluding carboxylic acids is 1. The van der Waals surface area contributed by atoms with Crippen LogP contribution >= 0.6 is 0 Å². The van der Waals surface area contributed by atoms with Gasteiger partial charge in [-0.1, -0.05) is 12.1 Å². The molecule has 0 atom stereocenters. The largest absolute Gasteiger partial charge is 0.390 e. The van der Waals surface area contributed by atoms with E-state index in [0.29, 0.717) is 11.7 Å². The van der Waals surface area contributed by atoms with E-state index in [2.05, 4.69) is 22.6 Å². The molecule has 2 N–H and O–H groups in total. The van der Waals surface area contributed by atoms with Crippen molar-refractivity contribution in [3.05, 3.63) is 11.9 Å². The molecule has 18 heavy (non-hydrogen) atoms. The number of hydrogen-bond donors (Lipinski definition) is 2. The molecule has 1 aliphatic rings. The molecule has 2 rings (SSSR count). The van der Waals surface area contributed by atoms with Crippen LogP contribution in [-0.4, -0.2) is 32.0 Å². The fraction of sp³-hybridized carbons (Fsp3) is 0.750. The smallest absolute Gasteiger partial charge is 0.242 e. The number of aromatic nitrogens is 3. The van der Waals surface area contributed by atoms with E-state index in [0.717, 1.165) is 18.8 Å². The highest BCUT2D eigenvalue weighted by Gasteiger charge is 2.19. The average Bonchev–Trinajstić information content (AvgIpc) is 2.79. The number of aliphatic hydroxyl groups excluding tert-OH is 1. The SMILES string of the molecule is CC1CCC(NC(=O)Cn2cc(CO)nn2)CC1. The van der Waals surface area contributed by atoms with Crippen molar-refractivity contribution in [1.29, 1.82) is 0 Å². The van der Waals surface area contributed by atoms with E-state index >= 15 is 0 Å². The molecule has 0 aliphatic heterocycles. The summed E-state index contributed by atoms with van der Waals surface area (Å²) in [6, 6.07) is 0.300. The number of amides is 1. The minimum Gasteiger partial charge on any atom is -0.390 e. The van der Waals surface area contributed by atoms with Crippen LogP contribution in [0.1, 0.15) is 38.3 Å². The van der Waals surface area contributed by atoms with Gasteiger partial charge in [0.05, 0.1) is 12.8 Å². The molecular weight excluding hydrogens is 232 g/mol. The van der Waals surface area contributed by atoms with Gasteiger partial charge >= 0.3 is 0 Å². The maximum absolute atomic E-state index is 11.8. The van der Waals surface area contributed by atoms with E-state index < -0.39 is 0 Å². The van der Waals surface area contributed by atoms with Gasteiger partial charge in [-0.25, -0.2) is 4.68 Å². The van der Waals surface area contributed by atoms with Crippen molar-refractivity contribution in [2.75, 3.05) is 0 Å². The van der Waals surface area contributed by atoms with Gasteiger partial charge in [0.2, 0.25) is 5.91 Å². The van der Waals surface area contributed by atoms with Gasteiger partial charge in [0.15, 0.2) is 0 Å². The van der Waals surface area contributed by atoms with Crippen LogP contribution in [0.15, 0.2) is 6.20 Å². The minimum absolute atomic E-state index is 0.0380. The van der Waals surface area contributed by atoms with Gasteiger partial charge in [-0.3, -0.25) is 4.79 Å². The highest BCUT2D eigenvalue weighted by atomic mass is 16.3. The number of nitrogens with zero attached hydrogens (tertiary/aromatic N) is 3. The molecule has 1 aliphatic carbocycles. The molecule has 100 valence electrons. The summed E-state index contributed by atoms with van der Waals surface area (Å²) >= 11 is 0. The van der Waals surface area contributed by atoms with Crippen LogP contribution in [0, 0.1) is 5.92 Å². The van der Waals surface area contributed by atoms with Gasteiger partial charge in [0, 0.05) is 6.04 Å². The molecule has 1 heterocycles. The van der Waals surface area contributed by atoms with Gasteiger partial charge in [0.1, 0.15) is 12.2 Å². The Hall–Kier alpha value is -1.43. The first-order valence-corrected chi connectivity index (χ1v) is 6.46. The van der Waals surface area contributed by atoms with E-state index in [-0.39, 0.29) is 19.1 Å². The summed E-state index contributed by atoms with van der Waals surface area (Å²) < 4.78 is 1.45. The second kappa shape index (κ2) is 5.95. The zero-order valence-electron chi connectivity index (χ0n) is 10.7. The molecular formula is C12H20N4O2. The van der Waals surface area contributed by atoms with Crippen molar-refractivity contribution in [3.63, 3.8) is 0 Å². The van der Waals surface area contributed by atoms with Crippen LogP contribution in [0.2, 0.25) is 0 Å². The van der Waals surface area contributed by atoms with Crippen molar-refractivity contribution in [2.24, 2.45) is 5.92 Å². The molecule has 1 aromatic rings. The summed E-state index contributed by atoms with van der Waals surface area (Å²) in [6.45, 7) is 2.27. The molecule has 0 spiro atoms. The second-order valence-electron chi connectivity index (χ2n) is 5.09. The molecule has 0 bridgehead atoms. The van der Waals surface area contributed by atoms with E-state index in [1.54, 1.807) is 6.20 Å². The molecule has 1 saturated carbocycles. The summed E-state index contributed by atoms with van der Waals surface area (Å²) in [4.78, 5) is 11.8. The minimum atomic E-state index is -0.151. The third-order valence-corrected chi connectivity index (χ3v) is 3.43. The fourth-order valence-corrected chi connectivity index (χ4v) is 2.31. The zero-order valence-corrected chi connectivity index (χ0v) is 10.7. The van der Waals surface area contributed by atoms with Crippen LogP contribution in [0.3, 0.4) is 0 Å². The Labute approximate surface area is 106 Å². The predicted octanol–water partition coefficient (Wildman–Crippen LogP) is 0.465. The summed E-state index contributed by atoms with van der Waals surface area (Å²) in [5, 5.41) is 19.4. The van der Waals surface area contributed by atoms with Crippen molar-refractivity contribution < 1.29 is 9.90 Å². The summed E-state index contributed by atoms with van der Waals surface area (Å²) in [5.41, 5.74) is 0.481. The quantitative estimate of drug-likeness (QED) is 0.816. The number of carbonyl (C=O) groups is 1. The zero-order chi connectivity index (χ0) is 13.0. The maximum Gasteiger partial charge on any atom is 0.242 e. The number of rotatable bonds is 4. The van der Waals surface area contributed by atoms with E-state index in [1.165, 1.54) is 17.5 Å². The Bertz CT molecular complexity index is 397. The van der Waals surface area contributed by atoms with E-state index in [1.807, 2.05) is 0 Å². The Morgan fingerprint density at radius 3 is 2.83 bits per heavy atom. The lowest BCUT2D eigenvalue weighted by atomic mass is 9.87. The maximum atomic E-state index is 11.8. The molecule has 1 fully saturated rings. The number of aliphatic hydroxyl groups is 1. The van der Waals surface area contributed by atoms with E-state index in [4.69, 9.17) is 5.11 Å². The first-order chi connectivity index (χ1) is 8.67. The van der Waals surface area contributed by atoms with Crippen molar-refractivity contribution >= 4 is 5.91 Å². The lowest BCUT2D eigenvalue weighted by Gasteiger charge is -2.26. The molecule has 0 unspecified atom stereocenters. The van der Waals surface area contributed by atoms with Gasteiger partial charge in [-0.15, -0.1) is 5.10 Å². The Morgan fingerprint density at radius 1 is 1.50 bits per heavy atom. The predicted molar refractivity (Wildman–Crippen MR) is 65.5 cm³/mol. The van der Waals surface area contributed by atoms with Gasteiger partial charge in [-0.2, -0.15) is 0 Å². The average molecular weight is 252 g/mol. The standard InChI is InChI=1S/C12H20N4O2/c1-9-2-4-10(5-3-9)13-12(18)7-16-6-11(8-17)14-15-16/h6,9-10,17H,2-5,7-8H2,1H3,(H,13,18). The van der Waals surface area contributed by atoms with Crippen LogP contribution in [0.5, 0.6) is 0 Å². The van der Waals surface area contributed by atoms with Crippen LogP contribution in [0.4, 0.5) is 0 Å². The molecule has 0 radical (unpaired) electrons. The highest BCUT2D eigenvalue weighted by molar-refractivity contribution is 5.75. The van der Waals surface area contributed by atoms with Gasteiger partial charge in [0.25, 0.3) is 0 Å². The van der Waals surface area contributed by atoms with Crippen LogP contribution in [-0.2, 0) is 17.9 Å². The third-order valence-electron chi connectivity index (χ3n) is 3.43. The van der Waals surface area contributed by atoms with Crippen molar-refractivity contribution in [1.82, 2.24) is 20.3 Å². The first kappa shape index (κ1) is 13.0. The monoisotopic (exact) mass is 252 g/mol. The van der Waals surface area contributed by atoms with Gasteiger partial charge in [-0.05, 0) is 31.6 Å². The van der Waals surface area contributed by atoms with Crippen LogP contribution < -0.4 is 5.32 Å². The molecule has 0 saturated heterocycles. The topological polar surface area (TPSA) is 80.0 Å². The molecule has 0 aromatic carbocycles. The molecule has 1 aromatic heterocycles. The Balaban J connectivity index is 1.78. The Morgan fingerprint density at radius 2 is 2.22 bits per heavy atom. The lowest BCUT2D eigenvalue weighted by Crippen LogP contribution is -2.39. The summed E-state index contributed by atoms with van der Waals surface area (Å²) in [7, 11) is 0. The first-order valence-electron chi connectivity index (χ1n) is 6.46. The molecule has 6 heteroatoms. The summed E-state index contributed by atoms with van der Waals surface area (Å²) in [6.07, 6.45) is 6.08. The number of hydrogen-bond acceptors (Lipinski definition) is 4. The number of nitrogens with one attached hydrogen (secondary N) is 1. The molecule has 6 nitrogen and oxygen atoms in total. The fourth-order valence-electron chi connectivity index (χ4n) is 2.31. The molecule has 1 amide bonds. The summed E-state index contributed by atoms with van der Waals surface area (Å²) in [5.74, 6) is 0.740. The van der Waals surface area contributed by atoms with Gasteiger partial charge < -0.3 is 10.4 Å². The lowest BCUT2D eigenvalue weighted by molar-refractivity contribution is -0.122. The highest BCUT2D eigenvalue weighted by Crippen LogP contribution is 2.23. The van der Waals surface area contributed by atoms with E-state index in [9.17, 15) is 4.79 Å². The third kappa shape index (κ3) is 3.53.